The molecule has 0 saturated carbocycles. The van der Waals surface area contributed by atoms with Crippen molar-refractivity contribution >= 4 is 17.6 Å². The van der Waals surface area contributed by atoms with Crippen LogP contribution in [0.15, 0.2) is 53.1 Å². The largest absolute Gasteiger partial charge is 0.465 e. The predicted octanol–water partition coefficient (Wildman–Crippen LogP) is 4.00. The average Bonchev–Trinajstić information content (AvgIpc) is 3.15. The minimum absolute atomic E-state index is 0.0849. The highest BCUT2D eigenvalue weighted by molar-refractivity contribution is 6.03. The molecule has 132 valence electrons. The number of aromatic nitrogens is 1. The van der Waals surface area contributed by atoms with Crippen LogP contribution in [0.3, 0.4) is 0 Å². The Morgan fingerprint density at radius 3 is 2.50 bits per heavy atom. The molecule has 2 aromatic carbocycles. The summed E-state index contributed by atoms with van der Waals surface area (Å²) in [7, 11) is 1.32. The van der Waals surface area contributed by atoms with E-state index in [0.717, 1.165) is 16.7 Å². The second-order valence-corrected chi connectivity index (χ2v) is 5.85. The van der Waals surface area contributed by atoms with Gasteiger partial charge in [-0.1, -0.05) is 35.5 Å². The maximum Gasteiger partial charge on any atom is 0.338 e. The van der Waals surface area contributed by atoms with Gasteiger partial charge in [-0.2, -0.15) is 0 Å². The van der Waals surface area contributed by atoms with Crippen molar-refractivity contribution < 1.29 is 18.8 Å². The maximum atomic E-state index is 12.4. The SMILES string of the molecule is COC(=O)c1cc(NC(=O)c2cc(-c3ccccc3)no2)cc(C)c1C. The third-order valence-corrected chi connectivity index (χ3v) is 4.13. The molecule has 0 fully saturated rings. The maximum absolute atomic E-state index is 12.4. The molecule has 3 rings (SSSR count). The molecule has 0 aliphatic carbocycles. The number of esters is 1. The fourth-order valence-corrected chi connectivity index (χ4v) is 2.57. The second kappa shape index (κ2) is 7.23. The van der Waals surface area contributed by atoms with Gasteiger partial charge in [0.05, 0.1) is 12.7 Å². The third-order valence-electron chi connectivity index (χ3n) is 4.13. The number of nitrogens with zero attached hydrogens (tertiary/aromatic N) is 1. The summed E-state index contributed by atoms with van der Waals surface area (Å²) in [5.41, 5.74) is 3.99. The molecule has 0 spiro atoms. The van der Waals surface area contributed by atoms with Gasteiger partial charge in [-0.15, -0.1) is 0 Å². The lowest BCUT2D eigenvalue weighted by Crippen LogP contribution is -2.13. The van der Waals surface area contributed by atoms with Gasteiger partial charge in [0.15, 0.2) is 0 Å². The summed E-state index contributed by atoms with van der Waals surface area (Å²) in [4.78, 5) is 24.3. The molecule has 0 atom stereocenters. The number of ether oxygens (including phenoxy) is 1. The van der Waals surface area contributed by atoms with E-state index in [1.807, 2.05) is 44.2 Å². The van der Waals surface area contributed by atoms with E-state index in [4.69, 9.17) is 9.26 Å². The van der Waals surface area contributed by atoms with Crippen molar-refractivity contribution in [2.45, 2.75) is 13.8 Å². The molecule has 3 aromatic rings. The lowest BCUT2D eigenvalue weighted by molar-refractivity contribution is 0.0599. The number of carbonyl (C=O) groups excluding carboxylic acids is 2. The Morgan fingerprint density at radius 1 is 1.08 bits per heavy atom. The van der Waals surface area contributed by atoms with Gasteiger partial charge in [0, 0.05) is 17.3 Å². The van der Waals surface area contributed by atoms with E-state index in [9.17, 15) is 9.59 Å². The summed E-state index contributed by atoms with van der Waals surface area (Å²) in [6, 6.07) is 14.4. The summed E-state index contributed by atoms with van der Waals surface area (Å²) < 4.78 is 9.94. The number of aryl methyl sites for hydroxylation is 1. The van der Waals surface area contributed by atoms with E-state index in [-0.39, 0.29) is 5.76 Å². The van der Waals surface area contributed by atoms with Crippen LogP contribution in [0.4, 0.5) is 5.69 Å². The van der Waals surface area contributed by atoms with Crippen molar-refractivity contribution in [3.63, 3.8) is 0 Å². The quantitative estimate of drug-likeness (QED) is 0.719. The van der Waals surface area contributed by atoms with Crippen molar-refractivity contribution in [2.24, 2.45) is 0 Å². The highest BCUT2D eigenvalue weighted by Crippen LogP contribution is 2.23. The molecule has 6 nitrogen and oxygen atoms in total. The first-order chi connectivity index (χ1) is 12.5. The van der Waals surface area contributed by atoms with Crippen LogP contribution in [-0.4, -0.2) is 24.1 Å². The molecule has 0 saturated heterocycles. The van der Waals surface area contributed by atoms with Gasteiger partial charge in [0.25, 0.3) is 5.91 Å². The lowest BCUT2D eigenvalue weighted by atomic mass is 10.0. The molecule has 0 unspecified atom stereocenters. The Labute approximate surface area is 150 Å². The van der Waals surface area contributed by atoms with E-state index in [1.165, 1.54) is 7.11 Å². The van der Waals surface area contributed by atoms with Gasteiger partial charge in [-0.3, -0.25) is 4.79 Å². The van der Waals surface area contributed by atoms with E-state index >= 15 is 0 Å². The van der Waals surface area contributed by atoms with Crippen LogP contribution < -0.4 is 5.32 Å². The molecule has 0 aliphatic heterocycles. The lowest BCUT2D eigenvalue weighted by Gasteiger charge is -2.11. The fourth-order valence-electron chi connectivity index (χ4n) is 2.57. The fraction of sp³-hybridized carbons (Fsp3) is 0.150. The summed E-state index contributed by atoms with van der Waals surface area (Å²) in [5, 5.41) is 6.66. The first-order valence-corrected chi connectivity index (χ1v) is 8.02. The minimum atomic E-state index is -0.451. The molecule has 0 aliphatic rings. The molecule has 6 heteroatoms. The number of hydrogen-bond donors (Lipinski definition) is 1. The summed E-state index contributed by atoms with van der Waals surface area (Å²) >= 11 is 0. The number of rotatable bonds is 4. The molecule has 1 aromatic heterocycles. The summed E-state index contributed by atoms with van der Waals surface area (Å²) in [6.07, 6.45) is 0. The van der Waals surface area contributed by atoms with Crippen molar-refractivity contribution in [1.82, 2.24) is 5.16 Å². The topological polar surface area (TPSA) is 81.4 Å². The summed E-state index contributed by atoms with van der Waals surface area (Å²) in [6.45, 7) is 3.69. The van der Waals surface area contributed by atoms with E-state index in [0.29, 0.717) is 16.9 Å². The zero-order valence-electron chi connectivity index (χ0n) is 14.7. The number of nitrogens with one attached hydrogen (secondary N) is 1. The molecular weight excluding hydrogens is 332 g/mol. The first kappa shape index (κ1) is 17.4. The minimum Gasteiger partial charge on any atom is -0.465 e. The van der Waals surface area contributed by atoms with Crippen LogP contribution in [-0.2, 0) is 4.74 Å². The van der Waals surface area contributed by atoms with Crippen molar-refractivity contribution in [3.05, 3.63) is 71.0 Å². The van der Waals surface area contributed by atoms with Gasteiger partial charge in [0.1, 0.15) is 5.69 Å². The van der Waals surface area contributed by atoms with Crippen LogP contribution in [0.1, 0.15) is 32.0 Å². The number of anilines is 1. The van der Waals surface area contributed by atoms with Gasteiger partial charge < -0.3 is 14.6 Å². The average molecular weight is 350 g/mol. The van der Waals surface area contributed by atoms with Crippen molar-refractivity contribution in [2.75, 3.05) is 12.4 Å². The highest BCUT2D eigenvalue weighted by atomic mass is 16.5. The van der Waals surface area contributed by atoms with E-state index < -0.39 is 11.9 Å². The number of hydrogen-bond acceptors (Lipinski definition) is 5. The highest BCUT2D eigenvalue weighted by Gasteiger charge is 2.17. The number of methoxy groups -OCH3 is 1. The van der Waals surface area contributed by atoms with Crippen LogP contribution in [0.5, 0.6) is 0 Å². The smallest absolute Gasteiger partial charge is 0.338 e. The van der Waals surface area contributed by atoms with Gasteiger partial charge >= 0.3 is 5.97 Å². The monoisotopic (exact) mass is 350 g/mol. The number of benzene rings is 2. The van der Waals surface area contributed by atoms with E-state index in [1.54, 1.807) is 18.2 Å². The third kappa shape index (κ3) is 3.49. The Balaban J connectivity index is 1.84. The van der Waals surface area contributed by atoms with Crippen LogP contribution in [0.25, 0.3) is 11.3 Å². The second-order valence-electron chi connectivity index (χ2n) is 5.85. The van der Waals surface area contributed by atoms with Gasteiger partial charge in [0.2, 0.25) is 5.76 Å². The van der Waals surface area contributed by atoms with Crippen molar-refractivity contribution in [3.8, 4) is 11.3 Å². The molecule has 0 bridgehead atoms. The molecule has 1 amide bonds. The van der Waals surface area contributed by atoms with Crippen LogP contribution in [0.2, 0.25) is 0 Å². The Bertz CT molecular complexity index is 961. The summed E-state index contributed by atoms with van der Waals surface area (Å²) in [5.74, 6) is -0.812. The molecule has 0 radical (unpaired) electrons. The zero-order valence-corrected chi connectivity index (χ0v) is 14.7. The number of carbonyl (C=O) groups is 2. The normalized spacial score (nSPS) is 10.4. The van der Waals surface area contributed by atoms with Crippen LogP contribution >= 0.6 is 0 Å². The van der Waals surface area contributed by atoms with E-state index in [2.05, 4.69) is 10.5 Å². The number of amides is 1. The molecule has 1 N–H and O–H groups in total. The molecule has 1 heterocycles. The van der Waals surface area contributed by atoms with Crippen molar-refractivity contribution in [1.29, 1.82) is 0 Å². The molecular formula is C20H18N2O4. The van der Waals surface area contributed by atoms with Gasteiger partial charge in [-0.25, -0.2) is 4.79 Å². The Hall–Kier alpha value is -3.41. The zero-order chi connectivity index (χ0) is 18.7. The Kier molecular flexibility index (Phi) is 4.84. The Morgan fingerprint density at radius 2 is 1.81 bits per heavy atom. The van der Waals surface area contributed by atoms with Gasteiger partial charge in [-0.05, 0) is 37.1 Å². The predicted molar refractivity (Wildman–Crippen MR) is 97.1 cm³/mol. The standard InChI is InChI=1S/C20H18N2O4/c1-12-9-15(10-16(13(12)2)20(24)25-3)21-19(23)18-11-17(22-26-18)14-7-5-4-6-8-14/h4-11H,1-3H3,(H,21,23). The first-order valence-electron chi connectivity index (χ1n) is 8.02. The van der Waals surface area contributed by atoms with Crippen LogP contribution in [0, 0.1) is 13.8 Å². The molecule has 26 heavy (non-hydrogen) atoms.